The van der Waals surface area contributed by atoms with Crippen LogP contribution in [0.1, 0.15) is 11.7 Å². The van der Waals surface area contributed by atoms with Gasteiger partial charge in [0, 0.05) is 6.54 Å². The number of hydrogen-bond donors (Lipinski definition) is 4. The molecule has 0 radical (unpaired) electrons. The second-order valence-electron chi connectivity index (χ2n) is 2.74. The zero-order chi connectivity index (χ0) is 12.8. The number of nitrogens with two attached hydrogens (primary N) is 1. The van der Waals surface area contributed by atoms with Crippen LogP contribution in [0.4, 0.5) is 0 Å². The van der Waals surface area contributed by atoms with Gasteiger partial charge in [0.2, 0.25) is 0 Å². The predicted octanol–water partition coefficient (Wildman–Crippen LogP) is -0.532. The third-order valence-corrected chi connectivity index (χ3v) is 1.48. The van der Waals surface area contributed by atoms with Crippen molar-refractivity contribution >= 4 is 0 Å². The number of phenols is 1. The molecule has 0 saturated carbocycles. The molecule has 1 unspecified atom stereocenters. The van der Waals surface area contributed by atoms with E-state index in [0.29, 0.717) is 5.56 Å². The van der Waals surface area contributed by atoms with Crippen molar-refractivity contribution in [3.63, 3.8) is 0 Å². The molecule has 1 atom stereocenters. The molecule has 0 saturated heterocycles. The van der Waals surface area contributed by atoms with Gasteiger partial charge in [-0.05, 0) is 17.7 Å². The van der Waals surface area contributed by atoms with E-state index in [1.165, 1.54) is 6.07 Å². The summed E-state index contributed by atoms with van der Waals surface area (Å²) in [6.45, 7) is 0.170. The van der Waals surface area contributed by atoms with Crippen LogP contribution in [-0.4, -0.2) is 20.9 Å². The van der Waals surface area contributed by atoms with E-state index in [1.54, 1.807) is 18.2 Å². The molecule has 1 aromatic carbocycles. The Balaban J connectivity index is 0.000000385. The van der Waals surface area contributed by atoms with Gasteiger partial charge in [0.05, 0.1) is 6.10 Å². The average Bonchev–Trinajstić information content (AvgIpc) is 2.14. The molecule has 0 heterocycles. The van der Waals surface area contributed by atoms with E-state index in [9.17, 15) is 5.11 Å². The molecule has 8 heteroatoms. The van der Waals surface area contributed by atoms with Crippen molar-refractivity contribution in [2.45, 2.75) is 6.10 Å². The number of aromatic hydroxyl groups is 1. The molecule has 0 spiro atoms. The van der Waals surface area contributed by atoms with E-state index in [0.717, 1.165) is 0 Å². The maximum absolute atomic E-state index is 9.22. The first-order valence-corrected chi connectivity index (χ1v) is 6.01. The van der Waals surface area contributed by atoms with Crippen LogP contribution in [-0.2, 0) is 24.5 Å². The Morgan fingerprint density at radius 2 is 1.81 bits per heavy atom. The van der Waals surface area contributed by atoms with Crippen LogP contribution in [0, 0.1) is 0 Å². The van der Waals surface area contributed by atoms with Crippen molar-refractivity contribution in [3.8, 4) is 5.75 Å². The molecule has 16 heavy (non-hydrogen) atoms. The Bertz CT molecular complexity index is 464. The second kappa shape index (κ2) is 6.41. The van der Waals surface area contributed by atoms with Gasteiger partial charge in [-0.3, -0.25) is 0 Å². The molecule has 1 aromatic rings. The third-order valence-electron chi connectivity index (χ3n) is 1.48. The molecule has 0 fully saturated rings. The van der Waals surface area contributed by atoms with Crippen LogP contribution in [0.2, 0.25) is 0 Å². The van der Waals surface area contributed by atoms with Gasteiger partial charge in [0.15, 0.2) is 0 Å². The molecule has 0 aromatic heterocycles. The van der Waals surface area contributed by atoms with E-state index < -0.39 is 19.1 Å². The molecule has 0 amide bonds. The fourth-order valence-electron chi connectivity index (χ4n) is 0.868. The topological polar surface area (TPSA) is 138 Å². The van der Waals surface area contributed by atoms with E-state index in [2.05, 4.69) is 0 Å². The van der Waals surface area contributed by atoms with E-state index in [1.807, 2.05) is 0 Å². The third kappa shape index (κ3) is 8.15. The molecular formula is C8H12MnNO6. The van der Waals surface area contributed by atoms with Crippen molar-refractivity contribution in [3.05, 3.63) is 29.8 Å². The number of rotatable bonds is 2. The molecule has 5 N–H and O–H groups in total. The van der Waals surface area contributed by atoms with Crippen LogP contribution < -0.4 is 5.73 Å². The number of benzene rings is 1. The quantitative estimate of drug-likeness (QED) is 0.531. The van der Waals surface area contributed by atoms with Gasteiger partial charge in [-0.25, -0.2) is 0 Å². The Morgan fingerprint density at radius 3 is 2.19 bits per heavy atom. The van der Waals surface area contributed by atoms with Crippen LogP contribution >= 0.6 is 0 Å². The Kier molecular flexibility index (Phi) is 5.94. The van der Waals surface area contributed by atoms with Crippen LogP contribution in [0.5, 0.6) is 5.75 Å². The molecule has 0 aliphatic heterocycles. The molecule has 0 aliphatic rings. The van der Waals surface area contributed by atoms with Crippen molar-refractivity contribution in [1.29, 1.82) is 0 Å². The number of aliphatic hydroxyl groups excluding tert-OH is 1. The molecule has 0 bridgehead atoms. The van der Waals surface area contributed by atoms with Gasteiger partial charge >= 0.3 is 28.7 Å². The zero-order valence-corrected chi connectivity index (χ0v) is 9.30. The standard InChI is InChI=1S/C8H11NO2.Mn.H2O.3O/c9-5-8(11)6-2-1-3-7(10)4-6;;;;;/h1-4,8,10-11H,5,9H2;;1H2;;;/q;+1;;;;/p-1. The summed E-state index contributed by atoms with van der Waals surface area (Å²) in [7, 11) is 0. The van der Waals surface area contributed by atoms with Crippen LogP contribution in [0.25, 0.3) is 0 Å². The summed E-state index contributed by atoms with van der Waals surface area (Å²) in [6, 6.07) is 6.44. The first kappa shape index (κ1) is 14.8. The minimum atomic E-state index is -5.38. The zero-order valence-electron chi connectivity index (χ0n) is 8.12. The van der Waals surface area contributed by atoms with Gasteiger partial charge in [-0.2, -0.15) is 0 Å². The van der Waals surface area contributed by atoms with Gasteiger partial charge < -0.3 is 15.9 Å². The monoisotopic (exact) mass is 273 g/mol. The summed E-state index contributed by atoms with van der Waals surface area (Å²) in [5.74, 6) is 0.148. The Labute approximate surface area is 93.3 Å². The summed E-state index contributed by atoms with van der Waals surface area (Å²) in [5.41, 5.74) is 5.87. The SMILES string of the molecule is NCC(O)c1cccc(O)c1.[O]=[Mn](=[O])(=[O])[OH]. The number of phenolic OH excluding ortho intramolecular Hbond substituents is 1. The van der Waals surface area contributed by atoms with Crippen molar-refractivity contribution < 1.29 is 38.9 Å². The molecule has 7 nitrogen and oxygen atoms in total. The number of aliphatic hydroxyl groups is 1. The van der Waals surface area contributed by atoms with Gasteiger partial charge in [0.25, 0.3) is 0 Å². The molecule has 1 rings (SSSR count). The second-order valence-corrected chi connectivity index (χ2v) is 3.98. The summed E-state index contributed by atoms with van der Waals surface area (Å²) in [4.78, 5) is 0. The van der Waals surface area contributed by atoms with Crippen LogP contribution in [0.3, 0.4) is 0 Å². The predicted molar refractivity (Wildman–Crippen MR) is 46.4 cm³/mol. The van der Waals surface area contributed by atoms with Crippen molar-refractivity contribution in [1.82, 2.24) is 0 Å². The Hall–Kier alpha value is -1.18. The van der Waals surface area contributed by atoms with Crippen molar-refractivity contribution in [2.75, 3.05) is 6.54 Å². The Morgan fingerprint density at radius 1 is 1.31 bits per heavy atom. The number of hydrogen-bond acceptors (Lipinski definition) is 6. The van der Waals surface area contributed by atoms with Gasteiger partial charge in [-0.1, -0.05) is 12.1 Å². The summed E-state index contributed by atoms with van der Waals surface area (Å²) in [5, 5.41) is 18.2. The first-order valence-electron chi connectivity index (χ1n) is 4.04. The van der Waals surface area contributed by atoms with Gasteiger partial charge in [0.1, 0.15) is 5.75 Å². The molecular weight excluding hydrogens is 261 g/mol. The molecule has 0 aliphatic carbocycles. The van der Waals surface area contributed by atoms with E-state index >= 15 is 0 Å². The first-order chi connectivity index (χ1) is 7.24. The average molecular weight is 273 g/mol. The van der Waals surface area contributed by atoms with E-state index in [-0.39, 0.29) is 12.3 Å². The fourth-order valence-corrected chi connectivity index (χ4v) is 0.868. The minimum absolute atomic E-state index is 0.148. The fraction of sp³-hybridized carbons (Fsp3) is 0.250. The maximum atomic E-state index is 9.22. The van der Waals surface area contributed by atoms with E-state index in [4.69, 9.17) is 26.5 Å². The summed E-state index contributed by atoms with van der Waals surface area (Å²) >= 11 is -5.38. The van der Waals surface area contributed by atoms with Gasteiger partial charge in [-0.15, -0.1) is 0 Å². The summed E-state index contributed by atoms with van der Waals surface area (Å²) < 4.78 is 33.1. The molecule has 92 valence electrons. The van der Waals surface area contributed by atoms with Crippen molar-refractivity contribution in [2.24, 2.45) is 5.73 Å². The normalized spacial score (nSPS) is 12.4. The summed E-state index contributed by atoms with van der Waals surface area (Å²) in [6.07, 6.45) is -0.679. The van der Waals surface area contributed by atoms with Crippen LogP contribution in [0.15, 0.2) is 24.3 Å².